The lowest BCUT2D eigenvalue weighted by molar-refractivity contribution is 0.660. The Bertz CT molecular complexity index is 3070. The van der Waals surface area contributed by atoms with Crippen LogP contribution in [0.5, 0.6) is 0 Å². The summed E-state index contributed by atoms with van der Waals surface area (Å²) in [7, 11) is 0. The van der Waals surface area contributed by atoms with Gasteiger partial charge in [-0.15, -0.1) is 0 Å². The fourth-order valence-electron chi connectivity index (χ4n) is 10.2. The summed E-state index contributed by atoms with van der Waals surface area (Å²) in [5.74, 6) is 0. The van der Waals surface area contributed by atoms with Crippen molar-refractivity contribution in [3.05, 3.63) is 210 Å². The number of hydrogen-bond donors (Lipinski definition) is 0. The van der Waals surface area contributed by atoms with E-state index in [9.17, 15) is 0 Å². The third-order valence-corrected chi connectivity index (χ3v) is 13.0. The van der Waals surface area contributed by atoms with E-state index in [2.05, 4.69) is 221 Å². The average molecular weight is 730 g/mol. The molecular formula is C56H43N. The lowest BCUT2D eigenvalue weighted by Crippen LogP contribution is -2.17. The highest BCUT2D eigenvalue weighted by Gasteiger charge is 2.38. The predicted molar refractivity (Wildman–Crippen MR) is 242 cm³/mol. The van der Waals surface area contributed by atoms with Crippen molar-refractivity contribution in [2.24, 2.45) is 0 Å². The molecule has 0 unspecified atom stereocenters. The normalized spacial score (nSPS) is 14.2. The maximum atomic E-state index is 2.45. The Morgan fingerprint density at radius 2 is 0.895 bits per heavy atom. The standard InChI is InChI=1S/C56H43N/c1-55(2)51-21-9-7-17-47(51)49-32-30-43(35-53(49)55)57(41-28-25-36(26-29-41)38-27-31-45-40(33-38)24-23-37-13-5-6-16-44(37)45)42-15-11-14-39(34-42)46-19-12-20-50-48-18-8-10-22-52(48)56(3,4)54(46)50/h5-35H,1-4H3. The van der Waals surface area contributed by atoms with Gasteiger partial charge < -0.3 is 4.90 Å². The van der Waals surface area contributed by atoms with Crippen molar-refractivity contribution in [3.63, 3.8) is 0 Å². The van der Waals surface area contributed by atoms with Crippen LogP contribution in [0.1, 0.15) is 49.9 Å². The highest BCUT2D eigenvalue weighted by molar-refractivity contribution is 6.08. The third kappa shape index (κ3) is 5.08. The van der Waals surface area contributed by atoms with Gasteiger partial charge in [0.2, 0.25) is 0 Å². The van der Waals surface area contributed by atoms with Crippen LogP contribution < -0.4 is 4.90 Å². The first-order chi connectivity index (χ1) is 27.8. The Balaban J connectivity index is 1.04. The fraction of sp³-hybridized carbons (Fsp3) is 0.107. The van der Waals surface area contributed by atoms with Crippen LogP contribution in [0.2, 0.25) is 0 Å². The van der Waals surface area contributed by atoms with Crippen molar-refractivity contribution >= 4 is 38.6 Å². The second-order valence-corrected chi connectivity index (χ2v) is 17.0. The molecule has 57 heavy (non-hydrogen) atoms. The molecule has 0 saturated heterocycles. The zero-order chi connectivity index (χ0) is 38.5. The summed E-state index contributed by atoms with van der Waals surface area (Å²) >= 11 is 0. The molecule has 0 aliphatic heterocycles. The van der Waals surface area contributed by atoms with Gasteiger partial charge in [0.15, 0.2) is 0 Å². The number of fused-ring (bicyclic) bond motifs is 9. The SMILES string of the molecule is CC1(C)c2ccccc2-c2ccc(N(c3ccc(-c4ccc5c(ccc6ccccc65)c4)cc3)c3cccc(-c4cccc5c4C(C)(C)c4ccccc4-5)c3)cc21. The first-order valence-corrected chi connectivity index (χ1v) is 20.2. The molecule has 0 fully saturated rings. The maximum Gasteiger partial charge on any atom is 0.0467 e. The average Bonchev–Trinajstić information content (AvgIpc) is 3.63. The molecule has 0 aromatic heterocycles. The lowest BCUT2D eigenvalue weighted by Gasteiger charge is -2.29. The lowest BCUT2D eigenvalue weighted by atomic mass is 9.79. The van der Waals surface area contributed by atoms with Crippen molar-refractivity contribution in [2.45, 2.75) is 38.5 Å². The van der Waals surface area contributed by atoms with E-state index in [-0.39, 0.29) is 10.8 Å². The molecule has 2 aliphatic carbocycles. The van der Waals surface area contributed by atoms with Gasteiger partial charge in [-0.2, -0.15) is 0 Å². The van der Waals surface area contributed by atoms with Crippen LogP contribution in [-0.2, 0) is 10.8 Å². The zero-order valence-corrected chi connectivity index (χ0v) is 32.8. The molecule has 0 spiro atoms. The molecular weight excluding hydrogens is 687 g/mol. The van der Waals surface area contributed by atoms with Crippen LogP contribution in [0.25, 0.3) is 66.1 Å². The van der Waals surface area contributed by atoms with Crippen LogP contribution in [-0.4, -0.2) is 0 Å². The molecule has 9 aromatic rings. The van der Waals surface area contributed by atoms with Crippen LogP contribution in [0.4, 0.5) is 17.1 Å². The first kappa shape index (κ1) is 33.6. The quantitative estimate of drug-likeness (QED) is 0.159. The number of hydrogen-bond acceptors (Lipinski definition) is 1. The molecule has 1 heteroatoms. The van der Waals surface area contributed by atoms with Crippen molar-refractivity contribution in [1.29, 1.82) is 0 Å². The molecule has 0 amide bonds. The Kier molecular flexibility index (Phi) is 7.32. The summed E-state index contributed by atoms with van der Waals surface area (Å²) in [6, 6.07) is 70.1. The Morgan fingerprint density at radius 3 is 1.72 bits per heavy atom. The Morgan fingerprint density at radius 1 is 0.316 bits per heavy atom. The first-order valence-electron chi connectivity index (χ1n) is 20.2. The second-order valence-electron chi connectivity index (χ2n) is 17.0. The van der Waals surface area contributed by atoms with E-state index < -0.39 is 0 Å². The minimum absolute atomic E-state index is 0.105. The minimum atomic E-state index is -0.107. The van der Waals surface area contributed by atoms with Crippen molar-refractivity contribution in [2.75, 3.05) is 4.90 Å². The molecule has 2 aliphatic rings. The molecule has 9 aromatic carbocycles. The smallest absolute Gasteiger partial charge is 0.0467 e. The molecule has 0 bridgehead atoms. The largest absolute Gasteiger partial charge is 0.310 e. The minimum Gasteiger partial charge on any atom is -0.310 e. The summed E-state index contributed by atoms with van der Waals surface area (Å²) in [6.07, 6.45) is 0. The zero-order valence-electron chi connectivity index (χ0n) is 32.8. The molecule has 11 rings (SSSR count). The summed E-state index contributed by atoms with van der Waals surface area (Å²) in [5.41, 5.74) is 19.1. The van der Waals surface area contributed by atoms with Crippen LogP contribution in [0, 0.1) is 0 Å². The maximum absolute atomic E-state index is 2.45. The van der Waals surface area contributed by atoms with Gasteiger partial charge >= 0.3 is 0 Å². The summed E-state index contributed by atoms with van der Waals surface area (Å²) in [6.45, 7) is 9.48. The van der Waals surface area contributed by atoms with Gasteiger partial charge in [0.05, 0.1) is 0 Å². The van der Waals surface area contributed by atoms with Crippen molar-refractivity contribution in [1.82, 2.24) is 0 Å². The van der Waals surface area contributed by atoms with Gasteiger partial charge in [-0.25, -0.2) is 0 Å². The van der Waals surface area contributed by atoms with E-state index in [1.807, 2.05) is 0 Å². The van der Waals surface area contributed by atoms with E-state index in [0.717, 1.165) is 17.1 Å². The number of benzene rings is 9. The van der Waals surface area contributed by atoms with Crippen molar-refractivity contribution in [3.8, 4) is 44.5 Å². The predicted octanol–water partition coefficient (Wildman–Crippen LogP) is 15.4. The summed E-state index contributed by atoms with van der Waals surface area (Å²) in [4.78, 5) is 2.45. The van der Waals surface area contributed by atoms with E-state index in [0.29, 0.717) is 0 Å². The number of anilines is 3. The van der Waals surface area contributed by atoms with E-state index in [1.165, 1.54) is 88.3 Å². The van der Waals surface area contributed by atoms with Gasteiger partial charge in [-0.3, -0.25) is 0 Å². The second kappa shape index (κ2) is 12.4. The molecule has 0 heterocycles. The topological polar surface area (TPSA) is 3.24 Å². The van der Waals surface area contributed by atoms with Crippen LogP contribution in [0.3, 0.4) is 0 Å². The van der Waals surface area contributed by atoms with Gasteiger partial charge in [0.1, 0.15) is 0 Å². The van der Waals surface area contributed by atoms with Gasteiger partial charge in [0, 0.05) is 27.9 Å². The molecule has 272 valence electrons. The Labute approximate surface area is 335 Å². The number of nitrogens with zero attached hydrogens (tertiary/aromatic N) is 1. The van der Waals surface area contributed by atoms with E-state index in [1.54, 1.807) is 0 Å². The molecule has 0 radical (unpaired) electrons. The highest BCUT2D eigenvalue weighted by Crippen LogP contribution is 2.53. The van der Waals surface area contributed by atoms with Crippen LogP contribution in [0.15, 0.2) is 188 Å². The third-order valence-electron chi connectivity index (χ3n) is 13.0. The monoisotopic (exact) mass is 729 g/mol. The van der Waals surface area contributed by atoms with E-state index in [4.69, 9.17) is 0 Å². The highest BCUT2D eigenvalue weighted by atomic mass is 15.1. The fourth-order valence-corrected chi connectivity index (χ4v) is 10.2. The summed E-state index contributed by atoms with van der Waals surface area (Å²) < 4.78 is 0. The summed E-state index contributed by atoms with van der Waals surface area (Å²) in [5, 5.41) is 5.12. The van der Waals surface area contributed by atoms with Gasteiger partial charge in [-0.05, 0) is 131 Å². The van der Waals surface area contributed by atoms with Crippen LogP contribution >= 0.6 is 0 Å². The van der Waals surface area contributed by atoms with Crippen molar-refractivity contribution < 1.29 is 0 Å². The molecule has 0 saturated carbocycles. The van der Waals surface area contributed by atoms with E-state index >= 15 is 0 Å². The molecule has 0 N–H and O–H groups in total. The van der Waals surface area contributed by atoms with Gasteiger partial charge in [0.25, 0.3) is 0 Å². The Hall–Kier alpha value is -6.70. The van der Waals surface area contributed by atoms with Gasteiger partial charge in [-0.1, -0.05) is 173 Å². The molecule has 1 nitrogen and oxygen atoms in total. The number of rotatable bonds is 5. The molecule has 0 atom stereocenters.